The summed E-state index contributed by atoms with van der Waals surface area (Å²) in [5.41, 5.74) is 1.09. The summed E-state index contributed by atoms with van der Waals surface area (Å²) in [7, 11) is 0. The number of piperidine rings is 1. The van der Waals surface area contributed by atoms with Crippen LogP contribution in [0.3, 0.4) is 0 Å². The molecule has 0 aromatic carbocycles. The molecule has 2 aliphatic heterocycles. The third kappa shape index (κ3) is 10.7. The molecule has 2 saturated heterocycles. The summed E-state index contributed by atoms with van der Waals surface area (Å²) in [5.74, 6) is -4.48. The molecule has 1 unspecified atom stereocenters. The predicted molar refractivity (Wildman–Crippen MR) is 119 cm³/mol. The third-order valence-corrected chi connectivity index (χ3v) is 5.50. The van der Waals surface area contributed by atoms with Crippen LogP contribution in [0.15, 0.2) is 47.2 Å². The number of alkyl halides is 6. The average molecular weight is 555 g/mol. The van der Waals surface area contributed by atoms with Crippen molar-refractivity contribution in [3.05, 3.63) is 54.2 Å². The summed E-state index contributed by atoms with van der Waals surface area (Å²) >= 11 is 0. The van der Waals surface area contributed by atoms with Crippen LogP contribution in [0, 0.1) is 0 Å². The number of nitrogens with zero attached hydrogens (tertiary/aromatic N) is 3. The van der Waals surface area contributed by atoms with E-state index in [9.17, 15) is 26.3 Å². The van der Waals surface area contributed by atoms with E-state index >= 15 is 0 Å². The zero-order valence-electron chi connectivity index (χ0n) is 20.0. The molecule has 1 atom stereocenters. The van der Waals surface area contributed by atoms with Crippen molar-refractivity contribution in [3.63, 3.8) is 0 Å². The van der Waals surface area contributed by atoms with Crippen LogP contribution in [0.1, 0.15) is 24.3 Å². The Morgan fingerprint density at radius 2 is 1.53 bits per heavy atom. The van der Waals surface area contributed by atoms with E-state index in [2.05, 4.69) is 33.0 Å². The van der Waals surface area contributed by atoms with E-state index in [-0.39, 0.29) is 5.60 Å². The molecule has 2 fully saturated rings. The number of hydrogen-bond acceptors (Lipinski definition) is 7. The van der Waals surface area contributed by atoms with Gasteiger partial charge in [0.25, 0.3) is 0 Å². The summed E-state index contributed by atoms with van der Waals surface area (Å²) in [4.78, 5) is 27.2. The second-order valence-electron chi connectivity index (χ2n) is 8.56. The monoisotopic (exact) mass is 555 g/mol. The van der Waals surface area contributed by atoms with Crippen molar-refractivity contribution in [1.82, 2.24) is 14.8 Å². The van der Waals surface area contributed by atoms with Gasteiger partial charge in [-0.1, -0.05) is 6.07 Å². The Kier molecular flexibility index (Phi) is 11.1. The molecule has 2 aromatic rings. The molecule has 0 amide bonds. The highest BCUT2D eigenvalue weighted by Crippen LogP contribution is 2.30. The lowest BCUT2D eigenvalue weighted by molar-refractivity contribution is -0.193. The van der Waals surface area contributed by atoms with Crippen LogP contribution < -0.4 is 0 Å². The van der Waals surface area contributed by atoms with Crippen LogP contribution in [-0.4, -0.2) is 87.7 Å². The molecule has 0 radical (unpaired) electrons. The van der Waals surface area contributed by atoms with E-state index in [1.54, 1.807) is 6.26 Å². The minimum absolute atomic E-state index is 0.0438. The van der Waals surface area contributed by atoms with Gasteiger partial charge in [0.15, 0.2) is 0 Å². The number of carbonyl (C=O) groups is 2. The fraction of sp³-hybridized carbons (Fsp3) is 0.522. The van der Waals surface area contributed by atoms with Gasteiger partial charge in [0, 0.05) is 32.4 Å². The van der Waals surface area contributed by atoms with Crippen molar-refractivity contribution in [3.8, 4) is 0 Å². The quantitative estimate of drug-likeness (QED) is 0.544. The van der Waals surface area contributed by atoms with Crippen LogP contribution in [0.2, 0.25) is 0 Å². The van der Waals surface area contributed by atoms with Crippen molar-refractivity contribution in [2.75, 3.05) is 32.8 Å². The summed E-state index contributed by atoms with van der Waals surface area (Å²) in [6.07, 6.45) is -4.22. The van der Waals surface area contributed by atoms with Gasteiger partial charge in [-0.05, 0) is 43.7 Å². The highest BCUT2D eigenvalue weighted by molar-refractivity contribution is 5.73. The van der Waals surface area contributed by atoms with Crippen molar-refractivity contribution < 1.29 is 55.3 Å². The first-order valence-electron chi connectivity index (χ1n) is 11.3. The number of pyridine rings is 1. The van der Waals surface area contributed by atoms with Gasteiger partial charge in [0.2, 0.25) is 0 Å². The maximum atomic E-state index is 10.6. The number of hydrogen-bond donors (Lipinski definition) is 2. The van der Waals surface area contributed by atoms with Gasteiger partial charge in [-0.15, -0.1) is 0 Å². The lowest BCUT2D eigenvalue weighted by Crippen LogP contribution is -2.59. The second-order valence-corrected chi connectivity index (χ2v) is 8.56. The number of aliphatic carboxylic acids is 2. The molecule has 15 heteroatoms. The van der Waals surface area contributed by atoms with Crippen molar-refractivity contribution in [2.24, 2.45) is 0 Å². The fourth-order valence-electron chi connectivity index (χ4n) is 3.97. The SMILES string of the molecule is O=C(O)C(F)(F)F.O=C(O)C(F)(F)F.c1ccc(CN2CCCC3(C2)CN(Cc2ccco2)CCO3)nc1. The molecule has 2 N–H and O–H groups in total. The molecule has 2 aliphatic rings. The average Bonchev–Trinajstić information content (AvgIpc) is 3.32. The molecule has 1 spiro atoms. The Morgan fingerprint density at radius 1 is 0.921 bits per heavy atom. The number of carboxylic acids is 2. The standard InChI is InChI=1S/C19H25N3O2.2C2HF3O2/c1-2-8-20-17(5-1)13-21-9-4-7-19(15-21)16-22(10-12-24-19)14-18-6-3-11-23-18;2*3-2(4,5)1(6)7/h1-3,5-6,8,11H,4,7,9-10,12-16H2;2*(H,6,7). The van der Waals surface area contributed by atoms with Crippen LogP contribution in [0.5, 0.6) is 0 Å². The van der Waals surface area contributed by atoms with Gasteiger partial charge in [-0.3, -0.25) is 14.8 Å². The number of morpholine rings is 1. The third-order valence-electron chi connectivity index (χ3n) is 5.50. The molecule has 4 heterocycles. The van der Waals surface area contributed by atoms with Gasteiger partial charge in [0.05, 0.1) is 30.7 Å². The maximum absolute atomic E-state index is 10.6. The topological polar surface area (TPSA) is 116 Å². The lowest BCUT2D eigenvalue weighted by atomic mass is 9.90. The summed E-state index contributed by atoms with van der Waals surface area (Å²) in [6, 6.07) is 10.1. The fourth-order valence-corrected chi connectivity index (χ4v) is 3.97. The molecular weight excluding hydrogens is 528 g/mol. The molecule has 4 rings (SSSR count). The highest BCUT2D eigenvalue weighted by atomic mass is 19.4. The van der Waals surface area contributed by atoms with Crippen LogP contribution in [0.4, 0.5) is 26.3 Å². The first kappa shape index (κ1) is 31.1. The van der Waals surface area contributed by atoms with Crippen molar-refractivity contribution >= 4 is 11.9 Å². The van der Waals surface area contributed by atoms with Crippen molar-refractivity contribution in [2.45, 2.75) is 43.9 Å². The number of carboxylic acid groups (broad SMARTS) is 2. The van der Waals surface area contributed by atoms with Gasteiger partial charge < -0.3 is 19.4 Å². The molecule has 9 nitrogen and oxygen atoms in total. The van der Waals surface area contributed by atoms with Gasteiger partial charge in [-0.25, -0.2) is 9.59 Å². The Morgan fingerprint density at radius 3 is 2.03 bits per heavy atom. The Bertz CT molecular complexity index is 975. The Labute approximate surface area is 213 Å². The second kappa shape index (κ2) is 13.6. The number of rotatable bonds is 4. The first-order chi connectivity index (χ1) is 17.7. The number of ether oxygens (including phenoxy) is 1. The minimum Gasteiger partial charge on any atom is -0.475 e. The highest BCUT2D eigenvalue weighted by Gasteiger charge is 2.41. The number of furan rings is 1. The number of aromatic nitrogens is 1. The van der Waals surface area contributed by atoms with Gasteiger partial charge in [0.1, 0.15) is 5.76 Å². The van der Waals surface area contributed by atoms with Crippen molar-refractivity contribution in [1.29, 1.82) is 0 Å². The van der Waals surface area contributed by atoms with E-state index in [1.807, 2.05) is 18.3 Å². The molecule has 38 heavy (non-hydrogen) atoms. The first-order valence-corrected chi connectivity index (χ1v) is 11.3. The van der Waals surface area contributed by atoms with E-state index in [4.69, 9.17) is 29.0 Å². The van der Waals surface area contributed by atoms with Gasteiger partial charge in [-0.2, -0.15) is 26.3 Å². The van der Waals surface area contributed by atoms with Crippen LogP contribution in [-0.2, 0) is 27.4 Å². The minimum atomic E-state index is -5.08. The molecule has 0 aliphatic carbocycles. The number of likely N-dealkylation sites (tertiary alicyclic amines) is 1. The van der Waals surface area contributed by atoms with E-state index in [0.717, 1.165) is 63.8 Å². The molecular formula is C23H27F6N3O6. The number of halogens is 6. The zero-order valence-corrected chi connectivity index (χ0v) is 20.0. The molecule has 0 saturated carbocycles. The summed E-state index contributed by atoms with van der Waals surface area (Å²) < 4.78 is 75.3. The normalized spacial score (nSPS) is 20.6. The smallest absolute Gasteiger partial charge is 0.475 e. The Balaban J connectivity index is 0.000000301. The summed E-state index contributed by atoms with van der Waals surface area (Å²) in [6.45, 7) is 6.65. The Hall–Kier alpha value is -3.17. The van der Waals surface area contributed by atoms with Crippen LogP contribution >= 0.6 is 0 Å². The lowest BCUT2D eigenvalue weighted by Gasteiger charge is -2.48. The zero-order chi connectivity index (χ0) is 28.4. The van der Waals surface area contributed by atoms with E-state index < -0.39 is 24.3 Å². The largest absolute Gasteiger partial charge is 0.490 e. The van der Waals surface area contributed by atoms with E-state index in [1.165, 1.54) is 6.42 Å². The van der Waals surface area contributed by atoms with Crippen LogP contribution in [0.25, 0.3) is 0 Å². The van der Waals surface area contributed by atoms with E-state index in [0.29, 0.717) is 0 Å². The van der Waals surface area contributed by atoms with Gasteiger partial charge >= 0.3 is 24.3 Å². The predicted octanol–water partition coefficient (Wildman–Crippen LogP) is 3.81. The molecule has 212 valence electrons. The molecule has 2 aromatic heterocycles. The maximum Gasteiger partial charge on any atom is 0.490 e. The summed E-state index contributed by atoms with van der Waals surface area (Å²) in [5, 5.41) is 14.2. The molecule has 0 bridgehead atoms.